The highest BCUT2D eigenvalue weighted by molar-refractivity contribution is 5.38. The van der Waals surface area contributed by atoms with Gasteiger partial charge in [-0.3, -0.25) is 0 Å². The summed E-state index contributed by atoms with van der Waals surface area (Å²) in [7, 11) is 1.68. The van der Waals surface area contributed by atoms with Crippen molar-refractivity contribution in [2.24, 2.45) is 5.92 Å². The van der Waals surface area contributed by atoms with Gasteiger partial charge >= 0.3 is 0 Å². The molecule has 2 aliphatic rings. The summed E-state index contributed by atoms with van der Waals surface area (Å²) in [5, 5.41) is 12.4. The topological polar surface area (TPSA) is 54.4 Å². The summed E-state index contributed by atoms with van der Waals surface area (Å²) in [6.07, 6.45) is 5.15. The lowest BCUT2D eigenvalue weighted by Gasteiger charge is -2.28. The molecule has 4 heteroatoms. The molecule has 0 spiro atoms. The molecule has 0 bridgehead atoms. The molecule has 2 fully saturated rings. The molecule has 1 aromatic heterocycles. The molecule has 1 aromatic rings. The van der Waals surface area contributed by atoms with Crippen LogP contribution in [0.3, 0.4) is 0 Å². The third-order valence-corrected chi connectivity index (χ3v) is 4.14. The van der Waals surface area contributed by atoms with Crippen molar-refractivity contribution >= 4 is 0 Å². The molecule has 0 amide bonds. The van der Waals surface area contributed by atoms with Gasteiger partial charge in [0, 0.05) is 24.4 Å². The maximum absolute atomic E-state index is 9.00. The smallest absolute Gasteiger partial charge is 0.216 e. The summed E-state index contributed by atoms with van der Waals surface area (Å²) in [4.78, 5) is 4.43. The Labute approximate surface area is 107 Å². The van der Waals surface area contributed by atoms with Gasteiger partial charge in [0.2, 0.25) is 5.88 Å². The van der Waals surface area contributed by atoms with E-state index in [9.17, 15) is 0 Å². The molecule has 1 unspecified atom stereocenters. The maximum Gasteiger partial charge on any atom is 0.216 e. The van der Waals surface area contributed by atoms with Crippen LogP contribution in [0.25, 0.3) is 0 Å². The van der Waals surface area contributed by atoms with Gasteiger partial charge in [-0.1, -0.05) is 0 Å². The zero-order chi connectivity index (χ0) is 12.5. The van der Waals surface area contributed by atoms with Gasteiger partial charge in [0.05, 0.1) is 7.11 Å². The largest absolute Gasteiger partial charge is 0.481 e. The summed E-state index contributed by atoms with van der Waals surface area (Å²) >= 11 is 0. The monoisotopic (exact) mass is 248 g/mol. The van der Waals surface area contributed by atoms with Crippen molar-refractivity contribution in [1.29, 1.82) is 0 Å². The Morgan fingerprint density at radius 3 is 3.00 bits per heavy atom. The van der Waals surface area contributed by atoms with Gasteiger partial charge in [-0.15, -0.1) is 0 Å². The molecule has 2 N–H and O–H groups in total. The maximum atomic E-state index is 9.00. The van der Waals surface area contributed by atoms with Crippen molar-refractivity contribution in [2.75, 3.05) is 20.3 Å². The number of nitrogens with zero attached hydrogens (tertiary/aromatic N) is 1. The van der Waals surface area contributed by atoms with Crippen LogP contribution < -0.4 is 10.1 Å². The average Bonchev–Trinajstić information content (AvgIpc) is 3.06. The third kappa shape index (κ3) is 2.10. The lowest BCUT2D eigenvalue weighted by Crippen LogP contribution is -2.35. The van der Waals surface area contributed by atoms with E-state index in [0.29, 0.717) is 17.9 Å². The van der Waals surface area contributed by atoms with Gasteiger partial charge in [0.15, 0.2) is 0 Å². The number of hydrogen-bond donors (Lipinski definition) is 2. The lowest BCUT2D eigenvalue weighted by molar-refractivity contribution is 0.278. The number of pyridine rings is 1. The van der Waals surface area contributed by atoms with Crippen molar-refractivity contribution in [2.45, 2.75) is 31.2 Å². The van der Waals surface area contributed by atoms with E-state index in [0.717, 1.165) is 25.3 Å². The van der Waals surface area contributed by atoms with E-state index in [4.69, 9.17) is 9.84 Å². The van der Waals surface area contributed by atoms with Crippen molar-refractivity contribution in [3.05, 3.63) is 23.4 Å². The Bertz CT molecular complexity index is 432. The van der Waals surface area contributed by atoms with Crippen LogP contribution >= 0.6 is 0 Å². The highest BCUT2D eigenvalue weighted by Gasteiger charge is 2.40. The van der Waals surface area contributed by atoms with Crippen molar-refractivity contribution in [1.82, 2.24) is 10.3 Å². The van der Waals surface area contributed by atoms with E-state index in [2.05, 4.69) is 16.4 Å². The SMILES string of the molecule is COc1ncc([C@@H]2CCN2)cc1C1C[C@@H]1CCO. The van der Waals surface area contributed by atoms with Gasteiger partial charge in [0.1, 0.15) is 0 Å². The number of rotatable bonds is 5. The van der Waals surface area contributed by atoms with Crippen LogP contribution in [0.4, 0.5) is 0 Å². The second kappa shape index (κ2) is 4.86. The van der Waals surface area contributed by atoms with Crippen LogP contribution in [0.15, 0.2) is 12.3 Å². The van der Waals surface area contributed by atoms with Gasteiger partial charge in [-0.25, -0.2) is 4.98 Å². The molecule has 1 aliphatic carbocycles. The van der Waals surface area contributed by atoms with Gasteiger partial charge in [-0.05, 0) is 49.3 Å². The molecule has 3 rings (SSSR count). The molecule has 4 nitrogen and oxygen atoms in total. The minimum atomic E-state index is 0.279. The first-order valence-corrected chi connectivity index (χ1v) is 6.71. The fraction of sp³-hybridized carbons (Fsp3) is 0.643. The highest BCUT2D eigenvalue weighted by Crippen LogP contribution is 2.52. The van der Waals surface area contributed by atoms with Crippen molar-refractivity contribution in [3.63, 3.8) is 0 Å². The first kappa shape index (κ1) is 11.9. The Morgan fingerprint density at radius 2 is 2.39 bits per heavy atom. The fourth-order valence-corrected chi connectivity index (χ4v) is 2.80. The van der Waals surface area contributed by atoms with Crippen LogP contribution in [0.1, 0.15) is 42.3 Å². The molecule has 0 aromatic carbocycles. The number of hydrogen-bond acceptors (Lipinski definition) is 4. The predicted molar refractivity (Wildman–Crippen MR) is 68.7 cm³/mol. The Morgan fingerprint density at radius 1 is 1.56 bits per heavy atom. The molecule has 2 heterocycles. The van der Waals surface area contributed by atoms with E-state index < -0.39 is 0 Å². The molecule has 18 heavy (non-hydrogen) atoms. The van der Waals surface area contributed by atoms with E-state index in [-0.39, 0.29) is 6.61 Å². The van der Waals surface area contributed by atoms with Crippen molar-refractivity contribution in [3.8, 4) is 5.88 Å². The number of aromatic nitrogens is 1. The standard InChI is InChI=1S/C14H20N2O2/c1-18-14-12(11-6-9(11)3-5-17)7-10(8-16-14)13-2-4-15-13/h7-9,11,13,15,17H,2-6H2,1H3/t9-,11?,13-/m0/s1. The summed E-state index contributed by atoms with van der Waals surface area (Å²) in [5.74, 6) is 1.89. The van der Waals surface area contributed by atoms with E-state index in [1.807, 2.05) is 6.20 Å². The molecule has 98 valence electrons. The summed E-state index contributed by atoms with van der Waals surface area (Å²) in [6.45, 7) is 1.38. The lowest BCUT2D eigenvalue weighted by atomic mass is 9.97. The van der Waals surface area contributed by atoms with Gasteiger partial charge in [-0.2, -0.15) is 0 Å². The predicted octanol–water partition coefficient (Wildman–Crippen LogP) is 1.61. The van der Waals surface area contributed by atoms with E-state index in [1.54, 1.807) is 7.11 Å². The second-order valence-electron chi connectivity index (χ2n) is 5.28. The first-order chi connectivity index (χ1) is 8.83. The number of aliphatic hydroxyl groups is 1. The minimum Gasteiger partial charge on any atom is -0.481 e. The zero-order valence-corrected chi connectivity index (χ0v) is 10.7. The number of nitrogens with one attached hydrogen (secondary N) is 1. The highest BCUT2D eigenvalue weighted by atomic mass is 16.5. The van der Waals surface area contributed by atoms with Crippen LogP contribution in [0.2, 0.25) is 0 Å². The summed E-state index contributed by atoms with van der Waals surface area (Å²) in [6, 6.07) is 2.71. The van der Waals surface area contributed by atoms with Crippen LogP contribution in [-0.2, 0) is 0 Å². The summed E-state index contributed by atoms with van der Waals surface area (Å²) < 4.78 is 5.37. The summed E-state index contributed by atoms with van der Waals surface area (Å²) in [5.41, 5.74) is 2.49. The van der Waals surface area contributed by atoms with Crippen LogP contribution in [0.5, 0.6) is 5.88 Å². The number of methoxy groups -OCH3 is 1. The molecule has 0 radical (unpaired) electrons. The normalized spacial score (nSPS) is 29.8. The number of aliphatic hydroxyl groups excluding tert-OH is 1. The Balaban J connectivity index is 1.81. The zero-order valence-electron chi connectivity index (χ0n) is 10.7. The molecular formula is C14H20N2O2. The molecule has 3 atom stereocenters. The van der Waals surface area contributed by atoms with Crippen LogP contribution in [-0.4, -0.2) is 30.4 Å². The third-order valence-electron chi connectivity index (χ3n) is 4.14. The Hall–Kier alpha value is -1.13. The Kier molecular flexibility index (Phi) is 3.22. The molecule has 1 saturated carbocycles. The number of ether oxygens (including phenoxy) is 1. The minimum absolute atomic E-state index is 0.279. The van der Waals surface area contributed by atoms with E-state index in [1.165, 1.54) is 17.5 Å². The first-order valence-electron chi connectivity index (χ1n) is 6.71. The molecule has 1 aliphatic heterocycles. The molecular weight excluding hydrogens is 228 g/mol. The van der Waals surface area contributed by atoms with E-state index >= 15 is 0 Å². The molecule has 1 saturated heterocycles. The van der Waals surface area contributed by atoms with Gasteiger partial charge in [0.25, 0.3) is 0 Å². The fourth-order valence-electron chi connectivity index (χ4n) is 2.80. The second-order valence-corrected chi connectivity index (χ2v) is 5.28. The van der Waals surface area contributed by atoms with Crippen LogP contribution in [0, 0.1) is 5.92 Å². The average molecular weight is 248 g/mol. The quantitative estimate of drug-likeness (QED) is 0.831. The van der Waals surface area contributed by atoms with Gasteiger partial charge < -0.3 is 15.2 Å². The van der Waals surface area contributed by atoms with Crippen molar-refractivity contribution < 1.29 is 9.84 Å².